The zero-order valence-corrected chi connectivity index (χ0v) is 4.01. The van der Waals surface area contributed by atoms with Gasteiger partial charge in [-0.25, -0.2) is 0 Å². The second kappa shape index (κ2) is 1.71. The molecule has 1 aromatic rings. The Kier molecular flexibility index (Phi) is 1.15. The standard InChI is InChI=1S/C3HF3N2O/c4-3(5,6)2-1-9-8-7-2/h1H. The molecule has 1 aromatic heterocycles. The molecule has 0 N–H and O–H groups in total. The van der Waals surface area contributed by atoms with E-state index in [-0.39, 0.29) is 0 Å². The van der Waals surface area contributed by atoms with Crippen molar-refractivity contribution in [2.75, 3.05) is 0 Å². The molecule has 0 unspecified atom stereocenters. The minimum Gasteiger partial charge on any atom is -0.345 e. The molecule has 0 aliphatic heterocycles. The summed E-state index contributed by atoms with van der Waals surface area (Å²) in [6.45, 7) is 0. The van der Waals surface area contributed by atoms with Gasteiger partial charge in [0.25, 0.3) is 0 Å². The van der Waals surface area contributed by atoms with E-state index in [0.29, 0.717) is 6.26 Å². The monoisotopic (exact) mass is 138 g/mol. The van der Waals surface area contributed by atoms with Crippen LogP contribution in [-0.4, -0.2) is 10.4 Å². The third-order valence-corrected chi connectivity index (χ3v) is 0.650. The van der Waals surface area contributed by atoms with Crippen LogP contribution >= 0.6 is 0 Å². The second-order valence-electron chi connectivity index (χ2n) is 1.29. The van der Waals surface area contributed by atoms with Crippen molar-refractivity contribution in [2.24, 2.45) is 0 Å². The fourth-order valence-corrected chi connectivity index (χ4v) is 0.288. The fraction of sp³-hybridized carbons (Fsp3) is 0.333. The van der Waals surface area contributed by atoms with E-state index < -0.39 is 11.9 Å². The largest absolute Gasteiger partial charge is 0.438 e. The van der Waals surface area contributed by atoms with Crippen LogP contribution < -0.4 is 0 Å². The minimum absolute atomic E-state index is 0.444. The molecular weight excluding hydrogens is 137 g/mol. The molecule has 6 heteroatoms. The molecule has 0 amide bonds. The van der Waals surface area contributed by atoms with Gasteiger partial charge in [-0.05, 0) is 0 Å². The Labute approximate surface area is 47.4 Å². The summed E-state index contributed by atoms with van der Waals surface area (Å²) in [6.07, 6.45) is -4.00. The summed E-state index contributed by atoms with van der Waals surface area (Å²) in [5.41, 5.74) is -1.11. The smallest absolute Gasteiger partial charge is 0.345 e. The number of hydrogen-bond donors (Lipinski definition) is 0. The number of hydrogen-bond acceptors (Lipinski definition) is 3. The lowest BCUT2D eigenvalue weighted by atomic mass is 10.5. The molecule has 50 valence electrons. The maximum absolute atomic E-state index is 11.5. The van der Waals surface area contributed by atoms with Gasteiger partial charge in [0.15, 0.2) is 6.26 Å². The molecule has 0 atom stereocenters. The summed E-state index contributed by atoms with van der Waals surface area (Å²) < 4.78 is 38.2. The molecule has 0 saturated carbocycles. The maximum atomic E-state index is 11.5. The third-order valence-electron chi connectivity index (χ3n) is 0.650. The van der Waals surface area contributed by atoms with Crippen LogP contribution in [0.1, 0.15) is 5.69 Å². The van der Waals surface area contributed by atoms with Gasteiger partial charge in [-0.1, -0.05) is 0 Å². The van der Waals surface area contributed by atoms with Crippen molar-refractivity contribution in [3.05, 3.63) is 12.0 Å². The Hall–Kier alpha value is -1.07. The van der Waals surface area contributed by atoms with Crippen LogP contribution in [0.15, 0.2) is 10.8 Å². The van der Waals surface area contributed by atoms with E-state index in [0.717, 1.165) is 0 Å². The molecule has 0 bridgehead atoms. The first-order chi connectivity index (χ1) is 4.11. The minimum atomic E-state index is -4.44. The summed E-state index contributed by atoms with van der Waals surface area (Å²) in [5.74, 6) is 0. The first-order valence-corrected chi connectivity index (χ1v) is 1.95. The van der Waals surface area contributed by atoms with E-state index in [4.69, 9.17) is 0 Å². The molecule has 0 aliphatic carbocycles. The SMILES string of the molecule is FC(F)(F)c1conn1. The Morgan fingerprint density at radius 2 is 2.11 bits per heavy atom. The fourth-order valence-electron chi connectivity index (χ4n) is 0.288. The van der Waals surface area contributed by atoms with Crippen LogP contribution in [-0.2, 0) is 6.18 Å². The molecule has 1 heterocycles. The lowest BCUT2D eigenvalue weighted by molar-refractivity contribution is -0.141. The quantitative estimate of drug-likeness (QED) is 0.538. The van der Waals surface area contributed by atoms with Gasteiger partial charge in [0, 0.05) is 5.27 Å². The number of alkyl halides is 3. The summed E-state index contributed by atoms with van der Waals surface area (Å²) in [5, 5.41) is 5.29. The molecule has 0 saturated heterocycles. The van der Waals surface area contributed by atoms with Crippen LogP contribution in [0.5, 0.6) is 0 Å². The Balaban J connectivity index is 2.90. The molecule has 3 nitrogen and oxygen atoms in total. The van der Waals surface area contributed by atoms with Gasteiger partial charge in [0.2, 0.25) is 5.69 Å². The van der Waals surface area contributed by atoms with Gasteiger partial charge in [-0.15, -0.1) is 5.10 Å². The highest BCUT2D eigenvalue weighted by molar-refractivity contribution is 4.93. The summed E-state index contributed by atoms with van der Waals surface area (Å²) in [4.78, 5) is 0. The summed E-state index contributed by atoms with van der Waals surface area (Å²) >= 11 is 0. The maximum Gasteiger partial charge on any atom is 0.438 e. The van der Waals surface area contributed by atoms with Crippen LogP contribution in [0.25, 0.3) is 0 Å². The van der Waals surface area contributed by atoms with Gasteiger partial charge in [0.05, 0.1) is 0 Å². The van der Waals surface area contributed by atoms with Crippen molar-refractivity contribution in [1.82, 2.24) is 10.4 Å². The first kappa shape index (κ1) is 6.06. The molecule has 1 rings (SSSR count). The Bertz CT molecular complexity index is 179. The average molecular weight is 138 g/mol. The van der Waals surface area contributed by atoms with Crippen molar-refractivity contribution in [1.29, 1.82) is 0 Å². The Morgan fingerprint density at radius 3 is 2.33 bits per heavy atom. The highest BCUT2D eigenvalue weighted by atomic mass is 19.4. The second-order valence-corrected chi connectivity index (χ2v) is 1.29. The number of halogens is 3. The molecule has 0 aromatic carbocycles. The molecule has 0 aliphatic rings. The van der Waals surface area contributed by atoms with Crippen LogP contribution in [0.2, 0.25) is 0 Å². The van der Waals surface area contributed by atoms with E-state index in [1.165, 1.54) is 0 Å². The van der Waals surface area contributed by atoms with Crippen molar-refractivity contribution in [2.45, 2.75) is 6.18 Å². The van der Waals surface area contributed by atoms with E-state index in [2.05, 4.69) is 14.9 Å². The Morgan fingerprint density at radius 1 is 1.44 bits per heavy atom. The van der Waals surface area contributed by atoms with Gasteiger partial charge in [-0.3, -0.25) is 0 Å². The highest BCUT2D eigenvalue weighted by Crippen LogP contribution is 2.26. The number of aromatic nitrogens is 2. The molecule has 0 spiro atoms. The summed E-state index contributed by atoms with van der Waals surface area (Å²) in [6, 6.07) is 0. The molecule has 9 heavy (non-hydrogen) atoms. The lowest BCUT2D eigenvalue weighted by Crippen LogP contribution is -2.04. The van der Waals surface area contributed by atoms with E-state index in [1.807, 2.05) is 0 Å². The van der Waals surface area contributed by atoms with Crippen molar-refractivity contribution in [3.63, 3.8) is 0 Å². The van der Waals surface area contributed by atoms with Gasteiger partial charge in [0.1, 0.15) is 0 Å². The van der Waals surface area contributed by atoms with E-state index in [9.17, 15) is 13.2 Å². The van der Waals surface area contributed by atoms with Crippen molar-refractivity contribution in [3.8, 4) is 0 Å². The topological polar surface area (TPSA) is 38.9 Å². The predicted octanol–water partition coefficient (Wildman–Crippen LogP) is 1.09. The molecule has 0 fully saturated rings. The summed E-state index contributed by atoms with van der Waals surface area (Å²) in [7, 11) is 0. The zero-order valence-electron chi connectivity index (χ0n) is 4.01. The van der Waals surface area contributed by atoms with E-state index in [1.54, 1.807) is 0 Å². The third kappa shape index (κ3) is 1.18. The number of nitrogens with zero attached hydrogens (tertiary/aromatic N) is 2. The average Bonchev–Trinajstić information content (AvgIpc) is 2.08. The van der Waals surface area contributed by atoms with Gasteiger partial charge < -0.3 is 4.52 Å². The van der Waals surface area contributed by atoms with Crippen molar-refractivity contribution >= 4 is 0 Å². The lowest BCUT2D eigenvalue weighted by Gasteiger charge is -1.96. The molecule has 0 radical (unpaired) electrons. The first-order valence-electron chi connectivity index (χ1n) is 1.95. The van der Waals surface area contributed by atoms with E-state index >= 15 is 0 Å². The zero-order chi connectivity index (χ0) is 6.91. The predicted molar refractivity (Wildman–Crippen MR) is 19.3 cm³/mol. The van der Waals surface area contributed by atoms with Crippen LogP contribution in [0.3, 0.4) is 0 Å². The normalized spacial score (nSPS) is 11.9. The van der Waals surface area contributed by atoms with Gasteiger partial charge in [-0.2, -0.15) is 13.2 Å². The van der Waals surface area contributed by atoms with Crippen LogP contribution in [0.4, 0.5) is 13.2 Å². The van der Waals surface area contributed by atoms with Crippen LogP contribution in [0, 0.1) is 0 Å². The molecular formula is C3HF3N2O. The highest BCUT2D eigenvalue weighted by Gasteiger charge is 2.34. The van der Waals surface area contributed by atoms with Gasteiger partial charge >= 0.3 is 6.18 Å². The van der Waals surface area contributed by atoms with Crippen molar-refractivity contribution < 1.29 is 17.7 Å². The number of rotatable bonds is 0.